The highest BCUT2D eigenvalue weighted by Gasteiger charge is 2.27. The first-order valence-electron chi connectivity index (χ1n) is 7.15. The molecule has 17 heavy (non-hydrogen) atoms. The van der Waals surface area contributed by atoms with Gasteiger partial charge in [-0.25, -0.2) is 0 Å². The summed E-state index contributed by atoms with van der Waals surface area (Å²) in [5, 5.41) is 3.60. The van der Waals surface area contributed by atoms with Crippen LogP contribution in [0.2, 0.25) is 0 Å². The van der Waals surface area contributed by atoms with Gasteiger partial charge < -0.3 is 5.32 Å². The summed E-state index contributed by atoms with van der Waals surface area (Å²) in [6.07, 6.45) is 8.01. The van der Waals surface area contributed by atoms with Crippen LogP contribution in [-0.2, 0) is 6.42 Å². The number of hydrogen-bond donors (Lipinski definition) is 1. The fourth-order valence-electron chi connectivity index (χ4n) is 2.32. The van der Waals surface area contributed by atoms with E-state index in [2.05, 4.69) is 43.4 Å². The summed E-state index contributed by atoms with van der Waals surface area (Å²) < 4.78 is 0. The summed E-state index contributed by atoms with van der Waals surface area (Å²) in [5.74, 6) is 0.916. The Morgan fingerprint density at radius 2 is 1.88 bits per heavy atom. The maximum atomic E-state index is 3.60. The SMILES string of the molecule is CCCCCc1ccc(NC(C)C2CC2)cc1. The average molecular weight is 231 g/mol. The molecule has 1 aliphatic rings. The molecule has 1 saturated carbocycles. The lowest BCUT2D eigenvalue weighted by Crippen LogP contribution is -2.16. The second kappa shape index (κ2) is 6.09. The number of nitrogens with one attached hydrogen (secondary N) is 1. The quantitative estimate of drug-likeness (QED) is 0.675. The molecule has 2 rings (SSSR count). The number of benzene rings is 1. The average Bonchev–Trinajstić information content (AvgIpc) is 3.16. The Bertz CT molecular complexity index is 324. The Morgan fingerprint density at radius 3 is 2.47 bits per heavy atom. The first-order valence-corrected chi connectivity index (χ1v) is 7.15. The van der Waals surface area contributed by atoms with Gasteiger partial charge in [-0.3, -0.25) is 0 Å². The normalized spacial score (nSPS) is 16.8. The summed E-state index contributed by atoms with van der Waals surface area (Å²) in [4.78, 5) is 0. The molecule has 1 unspecified atom stereocenters. The van der Waals surface area contributed by atoms with Crippen LogP contribution in [0.5, 0.6) is 0 Å². The molecule has 0 aliphatic heterocycles. The molecule has 1 heteroatoms. The van der Waals surface area contributed by atoms with E-state index in [0.717, 1.165) is 5.92 Å². The first kappa shape index (κ1) is 12.5. The van der Waals surface area contributed by atoms with Crippen molar-refractivity contribution in [2.45, 2.75) is 58.4 Å². The van der Waals surface area contributed by atoms with Gasteiger partial charge in [-0.1, -0.05) is 31.9 Å². The fraction of sp³-hybridized carbons (Fsp3) is 0.625. The van der Waals surface area contributed by atoms with Crippen molar-refractivity contribution in [3.8, 4) is 0 Å². The zero-order valence-electron chi connectivity index (χ0n) is 11.2. The van der Waals surface area contributed by atoms with Crippen molar-refractivity contribution in [2.75, 3.05) is 5.32 Å². The lowest BCUT2D eigenvalue weighted by molar-refractivity contribution is 0.694. The second-order valence-corrected chi connectivity index (χ2v) is 5.42. The van der Waals surface area contributed by atoms with Crippen molar-refractivity contribution in [3.63, 3.8) is 0 Å². The van der Waals surface area contributed by atoms with E-state index in [1.165, 1.54) is 49.8 Å². The van der Waals surface area contributed by atoms with Gasteiger partial charge in [0.2, 0.25) is 0 Å². The molecule has 0 amide bonds. The second-order valence-electron chi connectivity index (χ2n) is 5.42. The minimum absolute atomic E-state index is 0.640. The number of hydrogen-bond acceptors (Lipinski definition) is 1. The van der Waals surface area contributed by atoms with Crippen molar-refractivity contribution in [1.29, 1.82) is 0 Å². The molecular weight excluding hydrogens is 206 g/mol. The van der Waals surface area contributed by atoms with Crippen molar-refractivity contribution >= 4 is 5.69 Å². The standard InChI is InChI=1S/C16H25N/c1-3-4-5-6-14-7-11-16(12-8-14)17-13(2)15-9-10-15/h7-8,11-13,15,17H,3-6,9-10H2,1-2H3. The molecule has 0 heterocycles. The van der Waals surface area contributed by atoms with E-state index in [-0.39, 0.29) is 0 Å². The molecule has 1 fully saturated rings. The summed E-state index contributed by atoms with van der Waals surface area (Å²) in [6.45, 7) is 4.55. The summed E-state index contributed by atoms with van der Waals surface area (Å²) in [5.41, 5.74) is 2.76. The minimum atomic E-state index is 0.640. The van der Waals surface area contributed by atoms with Crippen LogP contribution in [0.3, 0.4) is 0 Å². The van der Waals surface area contributed by atoms with E-state index in [1.54, 1.807) is 0 Å². The van der Waals surface area contributed by atoms with Gasteiger partial charge in [0.15, 0.2) is 0 Å². The third kappa shape index (κ3) is 4.07. The molecule has 0 aromatic heterocycles. The number of anilines is 1. The Balaban J connectivity index is 1.79. The lowest BCUT2D eigenvalue weighted by Gasteiger charge is -2.14. The van der Waals surface area contributed by atoms with Crippen LogP contribution in [-0.4, -0.2) is 6.04 Å². The molecule has 0 radical (unpaired) electrons. The third-order valence-electron chi connectivity index (χ3n) is 3.75. The van der Waals surface area contributed by atoms with Gasteiger partial charge in [0.25, 0.3) is 0 Å². The molecule has 94 valence electrons. The summed E-state index contributed by atoms with van der Waals surface area (Å²) in [7, 11) is 0. The predicted molar refractivity (Wildman–Crippen MR) is 75.5 cm³/mol. The van der Waals surface area contributed by atoms with Gasteiger partial charge in [0.1, 0.15) is 0 Å². The van der Waals surface area contributed by atoms with Gasteiger partial charge in [0.05, 0.1) is 0 Å². The predicted octanol–water partition coefficient (Wildman–Crippen LogP) is 4.63. The topological polar surface area (TPSA) is 12.0 Å². The Labute approximate surface area is 106 Å². The van der Waals surface area contributed by atoms with Crippen LogP contribution in [0, 0.1) is 5.92 Å². The van der Waals surface area contributed by atoms with Crippen LogP contribution in [0.1, 0.15) is 51.5 Å². The van der Waals surface area contributed by atoms with Crippen LogP contribution in [0.25, 0.3) is 0 Å². The van der Waals surface area contributed by atoms with Gasteiger partial charge in [-0.15, -0.1) is 0 Å². The van der Waals surface area contributed by atoms with E-state index in [0.29, 0.717) is 6.04 Å². The van der Waals surface area contributed by atoms with E-state index in [1.807, 2.05) is 0 Å². The molecule has 1 aliphatic carbocycles. The Morgan fingerprint density at radius 1 is 1.18 bits per heavy atom. The van der Waals surface area contributed by atoms with Gasteiger partial charge >= 0.3 is 0 Å². The van der Waals surface area contributed by atoms with Crippen molar-refractivity contribution in [3.05, 3.63) is 29.8 Å². The van der Waals surface area contributed by atoms with Crippen molar-refractivity contribution < 1.29 is 0 Å². The van der Waals surface area contributed by atoms with E-state index in [9.17, 15) is 0 Å². The van der Waals surface area contributed by atoms with Crippen LogP contribution in [0.15, 0.2) is 24.3 Å². The number of rotatable bonds is 7. The monoisotopic (exact) mass is 231 g/mol. The highest BCUT2D eigenvalue weighted by molar-refractivity contribution is 5.45. The molecule has 0 bridgehead atoms. The minimum Gasteiger partial charge on any atom is -0.382 e. The third-order valence-corrected chi connectivity index (χ3v) is 3.75. The first-order chi connectivity index (χ1) is 8.29. The largest absolute Gasteiger partial charge is 0.382 e. The molecular formula is C16H25N. The van der Waals surface area contributed by atoms with Crippen LogP contribution < -0.4 is 5.32 Å². The van der Waals surface area contributed by atoms with Crippen LogP contribution >= 0.6 is 0 Å². The molecule has 0 saturated heterocycles. The maximum Gasteiger partial charge on any atom is 0.0342 e. The zero-order valence-corrected chi connectivity index (χ0v) is 11.2. The fourth-order valence-corrected chi connectivity index (χ4v) is 2.32. The summed E-state index contributed by atoms with van der Waals surface area (Å²) >= 11 is 0. The zero-order chi connectivity index (χ0) is 12.1. The van der Waals surface area contributed by atoms with Gasteiger partial charge in [-0.05, 0) is 56.2 Å². The molecule has 0 spiro atoms. The van der Waals surface area contributed by atoms with Gasteiger partial charge in [-0.2, -0.15) is 0 Å². The Kier molecular flexibility index (Phi) is 4.47. The number of unbranched alkanes of at least 4 members (excludes halogenated alkanes) is 2. The molecule has 1 aromatic carbocycles. The van der Waals surface area contributed by atoms with E-state index >= 15 is 0 Å². The molecule has 1 N–H and O–H groups in total. The summed E-state index contributed by atoms with van der Waals surface area (Å²) in [6, 6.07) is 9.66. The maximum absolute atomic E-state index is 3.60. The van der Waals surface area contributed by atoms with Crippen LogP contribution in [0.4, 0.5) is 5.69 Å². The van der Waals surface area contributed by atoms with E-state index in [4.69, 9.17) is 0 Å². The molecule has 1 aromatic rings. The van der Waals surface area contributed by atoms with Gasteiger partial charge in [0, 0.05) is 11.7 Å². The lowest BCUT2D eigenvalue weighted by atomic mass is 10.1. The highest BCUT2D eigenvalue weighted by Crippen LogP contribution is 2.33. The van der Waals surface area contributed by atoms with Crippen molar-refractivity contribution in [1.82, 2.24) is 0 Å². The molecule has 1 atom stereocenters. The van der Waals surface area contributed by atoms with Crippen molar-refractivity contribution in [2.24, 2.45) is 5.92 Å². The van der Waals surface area contributed by atoms with E-state index < -0.39 is 0 Å². The molecule has 1 nitrogen and oxygen atoms in total. The number of aryl methyl sites for hydroxylation is 1. The smallest absolute Gasteiger partial charge is 0.0342 e. The Hall–Kier alpha value is -0.980. The highest BCUT2D eigenvalue weighted by atomic mass is 14.9.